The summed E-state index contributed by atoms with van der Waals surface area (Å²) in [4.78, 5) is 25.1. The molecule has 5 rings (SSSR count). The third-order valence-corrected chi connectivity index (χ3v) is 7.99. The molecule has 0 bridgehead atoms. The van der Waals surface area contributed by atoms with E-state index < -0.39 is 0 Å². The summed E-state index contributed by atoms with van der Waals surface area (Å²) < 4.78 is 13.2. The number of hydrogen-bond acceptors (Lipinski definition) is 8. The lowest BCUT2D eigenvalue weighted by molar-refractivity contribution is 0.0937. The summed E-state index contributed by atoms with van der Waals surface area (Å²) >= 11 is 3.11. The second-order valence-corrected chi connectivity index (χ2v) is 10.7. The van der Waals surface area contributed by atoms with Crippen LogP contribution < -0.4 is 5.56 Å². The quantitative estimate of drug-likeness (QED) is 0.387. The van der Waals surface area contributed by atoms with Gasteiger partial charge in [0.25, 0.3) is 5.56 Å². The first-order chi connectivity index (χ1) is 14.5. The van der Waals surface area contributed by atoms with Gasteiger partial charge in [0.1, 0.15) is 4.83 Å². The lowest BCUT2D eigenvalue weighted by atomic mass is 10.1. The molecule has 3 aromatic heterocycles. The summed E-state index contributed by atoms with van der Waals surface area (Å²) in [5.74, 6) is 1.85. The zero-order valence-electron chi connectivity index (χ0n) is 17.5. The molecule has 0 radical (unpaired) electrons. The van der Waals surface area contributed by atoms with Crippen LogP contribution in [-0.4, -0.2) is 32.4 Å². The van der Waals surface area contributed by atoms with Crippen molar-refractivity contribution in [2.75, 3.05) is 6.61 Å². The lowest BCUT2D eigenvalue weighted by Gasteiger charge is -2.17. The van der Waals surface area contributed by atoms with E-state index in [0.29, 0.717) is 23.5 Å². The van der Waals surface area contributed by atoms with Crippen LogP contribution in [0.1, 0.15) is 72.9 Å². The second kappa shape index (κ2) is 8.09. The third-order valence-electron chi connectivity index (χ3n) is 5.87. The van der Waals surface area contributed by atoms with Crippen LogP contribution in [0.2, 0.25) is 0 Å². The maximum Gasteiger partial charge on any atom is 0.263 e. The minimum atomic E-state index is -0.0863. The highest BCUT2D eigenvalue weighted by Crippen LogP contribution is 2.40. The highest BCUT2D eigenvalue weighted by molar-refractivity contribution is 7.99. The van der Waals surface area contributed by atoms with E-state index in [0.717, 1.165) is 60.3 Å². The number of nitrogens with zero attached hydrogens (tertiary/aromatic N) is 4. The number of hydrogen-bond donors (Lipinski definition) is 0. The van der Waals surface area contributed by atoms with Crippen molar-refractivity contribution in [1.82, 2.24) is 19.7 Å². The molecule has 160 valence electrons. The van der Waals surface area contributed by atoms with Crippen molar-refractivity contribution in [2.45, 2.75) is 81.8 Å². The molecule has 2 fully saturated rings. The molecule has 3 aromatic rings. The predicted molar refractivity (Wildman–Crippen MR) is 118 cm³/mol. The fourth-order valence-electron chi connectivity index (χ4n) is 4.03. The molecule has 2 atom stereocenters. The van der Waals surface area contributed by atoms with Gasteiger partial charge in [-0.15, -0.1) is 11.3 Å². The van der Waals surface area contributed by atoms with Crippen LogP contribution in [0.5, 0.6) is 0 Å². The van der Waals surface area contributed by atoms with Crippen molar-refractivity contribution in [3.63, 3.8) is 0 Å². The van der Waals surface area contributed by atoms with Crippen LogP contribution in [0.4, 0.5) is 0 Å². The molecule has 0 amide bonds. The molecule has 1 saturated carbocycles. The fraction of sp³-hybridized carbons (Fsp3) is 0.619. The molecule has 30 heavy (non-hydrogen) atoms. The molecule has 0 spiro atoms. The Morgan fingerprint density at radius 3 is 2.83 bits per heavy atom. The lowest BCUT2D eigenvalue weighted by Crippen LogP contribution is -2.29. The number of ether oxygens (including phenoxy) is 1. The highest BCUT2D eigenvalue weighted by Gasteiger charge is 2.30. The maximum absolute atomic E-state index is 13.6. The van der Waals surface area contributed by atoms with Gasteiger partial charge < -0.3 is 9.26 Å². The van der Waals surface area contributed by atoms with Gasteiger partial charge in [0.05, 0.1) is 23.3 Å². The second-order valence-electron chi connectivity index (χ2n) is 8.14. The van der Waals surface area contributed by atoms with Crippen molar-refractivity contribution in [3.05, 3.63) is 32.5 Å². The van der Waals surface area contributed by atoms with Gasteiger partial charge in [-0.05, 0) is 51.5 Å². The van der Waals surface area contributed by atoms with Gasteiger partial charge in [-0.3, -0.25) is 9.36 Å². The predicted octanol–water partition coefficient (Wildman–Crippen LogP) is 4.62. The number of fused-ring (bicyclic) bond motifs is 1. The van der Waals surface area contributed by atoms with E-state index in [1.165, 1.54) is 16.6 Å². The van der Waals surface area contributed by atoms with Gasteiger partial charge in [0, 0.05) is 17.4 Å². The fourth-order valence-corrected chi connectivity index (χ4v) is 6.13. The van der Waals surface area contributed by atoms with Crippen LogP contribution in [-0.2, 0) is 17.7 Å². The first-order valence-corrected chi connectivity index (χ1v) is 12.4. The Balaban J connectivity index is 1.53. The largest absolute Gasteiger partial charge is 0.376 e. The summed E-state index contributed by atoms with van der Waals surface area (Å²) in [6, 6.07) is 0. The average Bonchev–Trinajstić information content (AvgIpc) is 3.13. The molecule has 1 aliphatic heterocycles. The van der Waals surface area contributed by atoms with Crippen molar-refractivity contribution in [3.8, 4) is 0 Å². The van der Waals surface area contributed by atoms with Crippen molar-refractivity contribution in [1.29, 1.82) is 0 Å². The van der Waals surface area contributed by atoms with Gasteiger partial charge in [0.2, 0.25) is 5.89 Å². The molecule has 4 heterocycles. The molecular formula is C21H26N4O3S2. The normalized spacial score (nSPS) is 20.3. The van der Waals surface area contributed by atoms with E-state index in [-0.39, 0.29) is 16.9 Å². The minimum Gasteiger partial charge on any atom is -0.376 e. The van der Waals surface area contributed by atoms with Crippen LogP contribution in [0, 0.1) is 6.92 Å². The number of aromatic nitrogens is 4. The monoisotopic (exact) mass is 446 g/mol. The summed E-state index contributed by atoms with van der Waals surface area (Å²) in [6.45, 7) is 7.49. The highest BCUT2D eigenvalue weighted by atomic mass is 32.2. The molecule has 0 N–H and O–H groups in total. The maximum atomic E-state index is 13.6. The molecular weight excluding hydrogens is 420 g/mol. The topological polar surface area (TPSA) is 83.0 Å². The smallest absolute Gasteiger partial charge is 0.263 e. The zero-order valence-corrected chi connectivity index (χ0v) is 19.1. The van der Waals surface area contributed by atoms with E-state index in [4.69, 9.17) is 14.2 Å². The van der Waals surface area contributed by atoms with Crippen LogP contribution in [0.25, 0.3) is 10.2 Å². The molecule has 1 aliphatic carbocycles. The summed E-state index contributed by atoms with van der Waals surface area (Å²) in [5, 5.41) is 5.51. The van der Waals surface area contributed by atoms with Crippen molar-refractivity contribution < 1.29 is 9.26 Å². The molecule has 0 aromatic carbocycles. The van der Waals surface area contributed by atoms with Gasteiger partial charge in [-0.25, -0.2) is 4.98 Å². The van der Waals surface area contributed by atoms with Gasteiger partial charge in [-0.1, -0.05) is 23.8 Å². The SMILES string of the molecule is CCc1c(C)sc2nc(SC(C)c3nc(C4CC4)no3)n(CC3CCCO3)c(=O)c12. The van der Waals surface area contributed by atoms with E-state index in [9.17, 15) is 4.79 Å². The summed E-state index contributed by atoms with van der Waals surface area (Å²) in [7, 11) is 0. The Morgan fingerprint density at radius 2 is 2.13 bits per heavy atom. The van der Waals surface area contributed by atoms with Crippen molar-refractivity contribution in [2.24, 2.45) is 0 Å². The Morgan fingerprint density at radius 1 is 1.30 bits per heavy atom. The molecule has 1 saturated heterocycles. The number of rotatable bonds is 7. The molecule has 9 heteroatoms. The van der Waals surface area contributed by atoms with Crippen LogP contribution >= 0.6 is 23.1 Å². The number of thioether (sulfide) groups is 1. The van der Waals surface area contributed by atoms with E-state index >= 15 is 0 Å². The third kappa shape index (κ3) is 3.71. The summed E-state index contributed by atoms with van der Waals surface area (Å²) in [5.41, 5.74) is 1.15. The minimum absolute atomic E-state index is 0.0376. The van der Waals surface area contributed by atoms with Gasteiger partial charge in [-0.2, -0.15) is 4.98 Å². The first kappa shape index (κ1) is 20.2. The van der Waals surface area contributed by atoms with Crippen LogP contribution in [0.3, 0.4) is 0 Å². The first-order valence-electron chi connectivity index (χ1n) is 10.7. The van der Waals surface area contributed by atoms with E-state index in [1.54, 1.807) is 11.3 Å². The molecule has 2 unspecified atom stereocenters. The van der Waals surface area contributed by atoms with Crippen LogP contribution in [0.15, 0.2) is 14.5 Å². The standard InChI is InChI=1S/C21H26N4O3S2/c1-4-15-11(2)29-19-16(15)20(26)25(10-14-6-5-9-27-14)21(23-19)30-12(3)18-22-17(24-28-18)13-7-8-13/h12-14H,4-10H2,1-3H3. The Hall–Kier alpha value is -1.71. The Labute approximate surface area is 183 Å². The molecule has 7 nitrogen and oxygen atoms in total. The average molecular weight is 447 g/mol. The van der Waals surface area contributed by atoms with E-state index in [1.807, 2.05) is 11.5 Å². The Bertz CT molecular complexity index is 1130. The van der Waals surface area contributed by atoms with Crippen molar-refractivity contribution >= 4 is 33.3 Å². The number of thiophene rings is 1. The summed E-state index contributed by atoms with van der Waals surface area (Å²) in [6.07, 6.45) is 5.18. The molecule has 2 aliphatic rings. The van der Waals surface area contributed by atoms with Gasteiger partial charge >= 0.3 is 0 Å². The number of aryl methyl sites for hydroxylation is 2. The van der Waals surface area contributed by atoms with Gasteiger partial charge in [0.15, 0.2) is 11.0 Å². The zero-order chi connectivity index (χ0) is 20.8. The Kier molecular flexibility index (Phi) is 5.45. The van der Waals surface area contributed by atoms with E-state index in [2.05, 4.69) is 24.0 Å².